The highest BCUT2D eigenvalue weighted by Crippen LogP contribution is 2.38. The van der Waals surface area contributed by atoms with Crippen LogP contribution < -0.4 is 19.7 Å². The lowest BCUT2D eigenvalue weighted by molar-refractivity contribution is -0.127. The lowest BCUT2D eigenvalue weighted by Crippen LogP contribution is -2.43. The van der Waals surface area contributed by atoms with Gasteiger partial charge in [0.1, 0.15) is 18.1 Å². The van der Waals surface area contributed by atoms with Gasteiger partial charge in [0, 0.05) is 17.8 Å². The second-order valence-corrected chi connectivity index (χ2v) is 9.31. The molecule has 2 aromatic rings. The number of anilines is 2. The molecular formula is C25H32N2O4. The van der Waals surface area contributed by atoms with Gasteiger partial charge < -0.3 is 19.7 Å². The number of carbonyl (C=O) groups is 2. The number of ether oxygens (including phenoxy) is 2. The largest absolute Gasteiger partial charge is 0.491 e. The Morgan fingerprint density at radius 1 is 1.13 bits per heavy atom. The summed E-state index contributed by atoms with van der Waals surface area (Å²) in [4.78, 5) is 27.7. The van der Waals surface area contributed by atoms with Crippen molar-refractivity contribution < 1.29 is 19.1 Å². The molecule has 2 aromatic carbocycles. The first-order valence-electron chi connectivity index (χ1n) is 10.7. The average Bonchev–Trinajstić information content (AvgIpc) is 2.78. The van der Waals surface area contributed by atoms with E-state index < -0.39 is 5.41 Å². The van der Waals surface area contributed by atoms with E-state index in [1.54, 1.807) is 35.2 Å². The van der Waals surface area contributed by atoms with Gasteiger partial charge in [-0.25, -0.2) is 0 Å². The molecule has 0 saturated heterocycles. The molecule has 0 unspecified atom stereocenters. The number of carbonyl (C=O) groups excluding carboxylic acids is 2. The summed E-state index contributed by atoms with van der Waals surface area (Å²) in [5, 5.41) is 2.93. The Hall–Kier alpha value is -3.02. The number of hydrogen-bond donors (Lipinski definition) is 1. The zero-order valence-corrected chi connectivity index (χ0v) is 19.2. The van der Waals surface area contributed by atoms with E-state index in [2.05, 4.69) is 19.2 Å². The summed E-state index contributed by atoms with van der Waals surface area (Å²) in [5.74, 6) is 1.44. The van der Waals surface area contributed by atoms with Crippen molar-refractivity contribution in [2.75, 3.05) is 23.4 Å². The van der Waals surface area contributed by atoms with Gasteiger partial charge >= 0.3 is 0 Å². The van der Waals surface area contributed by atoms with E-state index in [-0.39, 0.29) is 23.8 Å². The fraction of sp³-hybridized carbons (Fsp3) is 0.440. The Labute approximate surface area is 184 Å². The van der Waals surface area contributed by atoms with Gasteiger partial charge in [-0.1, -0.05) is 13.8 Å². The third-order valence-corrected chi connectivity index (χ3v) is 4.96. The van der Waals surface area contributed by atoms with E-state index in [9.17, 15) is 9.59 Å². The van der Waals surface area contributed by atoms with Gasteiger partial charge in [0.2, 0.25) is 5.91 Å². The molecule has 166 valence electrons. The maximum atomic E-state index is 13.2. The first-order valence-corrected chi connectivity index (χ1v) is 10.7. The molecular weight excluding hydrogens is 392 g/mol. The zero-order valence-electron chi connectivity index (χ0n) is 19.2. The summed E-state index contributed by atoms with van der Waals surface area (Å²) in [6.07, 6.45) is 0.0722. The van der Waals surface area contributed by atoms with E-state index >= 15 is 0 Å². The standard InChI is InChI=1S/C25H32N2O4/c1-16(2)14-27-21-13-19(9-12-22(21)30-15-25(5,6)24(27)29)26-23(28)18-7-10-20(11-8-18)31-17(3)4/h7-13,16-17H,14-15H2,1-6H3,(H,26,28). The molecule has 0 radical (unpaired) electrons. The third kappa shape index (κ3) is 5.37. The van der Waals surface area contributed by atoms with Gasteiger partial charge in [-0.2, -0.15) is 0 Å². The van der Waals surface area contributed by atoms with E-state index in [1.165, 1.54) is 0 Å². The molecule has 1 heterocycles. The Balaban J connectivity index is 1.84. The van der Waals surface area contributed by atoms with Crippen molar-refractivity contribution in [3.8, 4) is 11.5 Å². The number of benzene rings is 2. The molecule has 0 saturated carbocycles. The predicted molar refractivity (Wildman–Crippen MR) is 123 cm³/mol. The Morgan fingerprint density at radius 2 is 1.81 bits per heavy atom. The lowest BCUT2D eigenvalue weighted by atomic mass is 9.92. The fourth-order valence-electron chi connectivity index (χ4n) is 3.43. The Morgan fingerprint density at radius 3 is 2.42 bits per heavy atom. The van der Waals surface area contributed by atoms with Crippen LogP contribution >= 0.6 is 0 Å². The maximum Gasteiger partial charge on any atom is 0.255 e. The van der Waals surface area contributed by atoms with Crippen molar-refractivity contribution in [2.45, 2.75) is 47.6 Å². The van der Waals surface area contributed by atoms with Crippen LogP contribution in [0.2, 0.25) is 0 Å². The minimum atomic E-state index is -0.628. The normalized spacial score (nSPS) is 15.4. The van der Waals surface area contributed by atoms with E-state index in [0.717, 1.165) is 5.75 Å². The molecule has 6 heteroatoms. The highest BCUT2D eigenvalue weighted by molar-refractivity contribution is 6.05. The van der Waals surface area contributed by atoms with Crippen molar-refractivity contribution in [1.29, 1.82) is 0 Å². The molecule has 2 amide bonds. The zero-order chi connectivity index (χ0) is 22.8. The van der Waals surface area contributed by atoms with Crippen molar-refractivity contribution in [2.24, 2.45) is 11.3 Å². The van der Waals surface area contributed by atoms with Crippen molar-refractivity contribution >= 4 is 23.2 Å². The number of nitrogens with zero attached hydrogens (tertiary/aromatic N) is 1. The Bertz CT molecular complexity index is 948. The van der Waals surface area contributed by atoms with Crippen LogP contribution in [0.25, 0.3) is 0 Å². The molecule has 0 fully saturated rings. The molecule has 31 heavy (non-hydrogen) atoms. The van der Waals surface area contributed by atoms with E-state index in [0.29, 0.717) is 35.8 Å². The molecule has 1 N–H and O–H groups in total. The average molecular weight is 425 g/mol. The highest BCUT2D eigenvalue weighted by atomic mass is 16.5. The first-order chi connectivity index (χ1) is 14.6. The van der Waals surface area contributed by atoms with Gasteiger partial charge in [-0.15, -0.1) is 0 Å². The van der Waals surface area contributed by atoms with Crippen molar-refractivity contribution in [3.05, 3.63) is 48.0 Å². The van der Waals surface area contributed by atoms with Crippen LogP contribution in [0.3, 0.4) is 0 Å². The van der Waals surface area contributed by atoms with Crippen LogP contribution in [-0.4, -0.2) is 31.1 Å². The topological polar surface area (TPSA) is 67.9 Å². The van der Waals surface area contributed by atoms with Gasteiger partial charge in [0.25, 0.3) is 5.91 Å². The molecule has 0 bridgehead atoms. The van der Waals surface area contributed by atoms with Gasteiger partial charge in [0.05, 0.1) is 17.2 Å². The minimum Gasteiger partial charge on any atom is -0.491 e. The summed E-state index contributed by atoms with van der Waals surface area (Å²) in [6, 6.07) is 12.4. The smallest absolute Gasteiger partial charge is 0.255 e. The lowest BCUT2D eigenvalue weighted by Gasteiger charge is -2.29. The summed E-state index contributed by atoms with van der Waals surface area (Å²) >= 11 is 0. The monoisotopic (exact) mass is 424 g/mol. The maximum absolute atomic E-state index is 13.2. The van der Waals surface area contributed by atoms with Crippen LogP contribution in [0.5, 0.6) is 11.5 Å². The molecule has 0 aliphatic carbocycles. The van der Waals surface area contributed by atoms with Gasteiger partial charge in [0.15, 0.2) is 0 Å². The van der Waals surface area contributed by atoms with E-state index in [4.69, 9.17) is 9.47 Å². The van der Waals surface area contributed by atoms with Crippen molar-refractivity contribution in [3.63, 3.8) is 0 Å². The minimum absolute atomic E-state index is 0.0177. The molecule has 3 rings (SSSR count). The highest BCUT2D eigenvalue weighted by Gasteiger charge is 2.38. The van der Waals surface area contributed by atoms with E-state index in [1.807, 2.05) is 39.8 Å². The second-order valence-electron chi connectivity index (χ2n) is 9.31. The predicted octanol–water partition coefficient (Wildman–Crippen LogP) is 5.13. The molecule has 0 atom stereocenters. The summed E-state index contributed by atoms with van der Waals surface area (Å²) in [6.45, 7) is 12.7. The number of rotatable bonds is 6. The van der Waals surface area contributed by atoms with Crippen LogP contribution in [-0.2, 0) is 4.79 Å². The molecule has 1 aliphatic heterocycles. The van der Waals surface area contributed by atoms with Crippen LogP contribution in [0.1, 0.15) is 51.9 Å². The molecule has 6 nitrogen and oxygen atoms in total. The van der Waals surface area contributed by atoms with Crippen molar-refractivity contribution in [1.82, 2.24) is 0 Å². The summed E-state index contributed by atoms with van der Waals surface area (Å²) in [7, 11) is 0. The molecule has 0 spiro atoms. The molecule has 1 aliphatic rings. The van der Waals surface area contributed by atoms with Crippen LogP contribution in [0, 0.1) is 11.3 Å². The first kappa shape index (κ1) is 22.7. The van der Waals surface area contributed by atoms with Gasteiger partial charge in [-0.3, -0.25) is 9.59 Å². The third-order valence-electron chi connectivity index (χ3n) is 4.96. The number of hydrogen-bond acceptors (Lipinski definition) is 4. The number of amides is 2. The number of fused-ring (bicyclic) bond motifs is 1. The van der Waals surface area contributed by atoms with Gasteiger partial charge in [-0.05, 0) is 76.1 Å². The quantitative estimate of drug-likeness (QED) is 0.698. The van der Waals surface area contributed by atoms with Crippen LogP contribution in [0.15, 0.2) is 42.5 Å². The number of nitrogens with one attached hydrogen (secondary N) is 1. The molecule has 0 aromatic heterocycles. The van der Waals surface area contributed by atoms with Crippen LogP contribution in [0.4, 0.5) is 11.4 Å². The fourth-order valence-corrected chi connectivity index (χ4v) is 3.43. The SMILES string of the molecule is CC(C)CN1C(=O)C(C)(C)COc2ccc(NC(=O)c3ccc(OC(C)C)cc3)cc21. The second kappa shape index (κ2) is 9.00. The summed E-state index contributed by atoms with van der Waals surface area (Å²) < 4.78 is 11.6. The summed E-state index contributed by atoms with van der Waals surface area (Å²) in [5.41, 5.74) is 1.19. The Kier molecular flexibility index (Phi) is 6.58.